The van der Waals surface area contributed by atoms with Crippen molar-refractivity contribution < 1.29 is 9.53 Å². The zero-order valence-corrected chi connectivity index (χ0v) is 15.8. The van der Waals surface area contributed by atoms with Crippen LogP contribution in [-0.2, 0) is 6.42 Å². The van der Waals surface area contributed by atoms with Crippen LogP contribution in [0.15, 0.2) is 42.5 Å². The van der Waals surface area contributed by atoms with Gasteiger partial charge in [0.25, 0.3) is 0 Å². The molecule has 1 unspecified atom stereocenters. The quantitative estimate of drug-likeness (QED) is 0.396. The van der Waals surface area contributed by atoms with Crippen LogP contribution in [0.2, 0.25) is 0 Å². The van der Waals surface area contributed by atoms with Gasteiger partial charge in [-0.3, -0.25) is 4.79 Å². The zero-order valence-electron chi connectivity index (χ0n) is 15.8. The van der Waals surface area contributed by atoms with E-state index < -0.39 is 0 Å². The van der Waals surface area contributed by atoms with E-state index in [1.165, 1.54) is 36.0 Å². The van der Waals surface area contributed by atoms with E-state index in [1.54, 1.807) is 12.1 Å². The van der Waals surface area contributed by atoms with E-state index in [9.17, 15) is 4.79 Å². The summed E-state index contributed by atoms with van der Waals surface area (Å²) in [6, 6.07) is 14.2. The first kappa shape index (κ1) is 19.2. The Morgan fingerprint density at radius 3 is 2.40 bits per heavy atom. The molecule has 0 aliphatic heterocycles. The van der Waals surface area contributed by atoms with Gasteiger partial charge in [-0.05, 0) is 80.0 Å². The standard InChI is InChI=1S/C23H30O2/c1-4-6-20(16-22-9-8-18(2)19(3)15-22)7-5-14-25-23-12-10-21(17-24)11-13-23/h8-13,15,17,20H,4-7,14,16H2,1-3H3. The summed E-state index contributed by atoms with van der Waals surface area (Å²) in [5, 5.41) is 0. The first-order valence-corrected chi connectivity index (χ1v) is 9.36. The van der Waals surface area contributed by atoms with E-state index in [0.717, 1.165) is 31.5 Å². The molecule has 25 heavy (non-hydrogen) atoms. The molecule has 0 saturated carbocycles. The average Bonchev–Trinajstić information content (AvgIpc) is 2.62. The number of hydrogen-bond acceptors (Lipinski definition) is 2. The van der Waals surface area contributed by atoms with Crippen LogP contribution in [0, 0.1) is 19.8 Å². The minimum atomic E-state index is 0.684. The van der Waals surface area contributed by atoms with E-state index in [2.05, 4.69) is 39.0 Å². The van der Waals surface area contributed by atoms with Gasteiger partial charge < -0.3 is 4.74 Å². The van der Waals surface area contributed by atoms with Gasteiger partial charge in [-0.1, -0.05) is 38.0 Å². The van der Waals surface area contributed by atoms with Crippen molar-refractivity contribution in [2.24, 2.45) is 5.92 Å². The molecular formula is C23H30O2. The third-order valence-electron chi connectivity index (χ3n) is 4.83. The molecular weight excluding hydrogens is 308 g/mol. The number of ether oxygens (including phenoxy) is 1. The van der Waals surface area contributed by atoms with Crippen LogP contribution in [0.4, 0.5) is 0 Å². The topological polar surface area (TPSA) is 26.3 Å². The normalized spacial score (nSPS) is 12.0. The highest BCUT2D eigenvalue weighted by atomic mass is 16.5. The van der Waals surface area contributed by atoms with Gasteiger partial charge >= 0.3 is 0 Å². The van der Waals surface area contributed by atoms with Crippen LogP contribution in [-0.4, -0.2) is 12.9 Å². The van der Waals surface area contributed by atoms with Crippen LogP contribution in [0.5, 0.6) is 5.75 Å². The van der Waals surface area contributed by atoms with Crippen molar-refractivity contribution in [2.75, 3.05) is 6.61 Å². The lowest BCUT2D eigenvalue weighted by Gasteiger charge is -2.17. The number of carbonyl (C=O) groups excluding carboxylic acids is 1. The predicted molar refractivity (Wildman–Crippen MR) is 105 cm³/mol. The van der Waals surface area contributed by atoms with Crippen LogP contribution in [0.1, 0.15) is 59.7 Å². The summed E-state index contributed by atoms with van der Waals surface area (Å²) in [5.41, 5.74) is 4.88. The van der Waals surface area contributed by atoms with Gasteiger partial charge in [0.1, 0.15) is 12.0 Å². The van der Waals surface area contributed by atoms with Crippen LogP contribution < -0.4 is 4.74 Å². The Kier molecular flexibility index (Phi) is 7.72. The Morgan fingerprint density at radius 2 is 1.76 bits per heavy atom. The lowest BCUT2D eigenvalue weighted by atomic mass is 9.90. The molecule has 0 amide bonds. The number of benzene rings is 2. The highest BCUT2D eigenvalue weighted by Gasteiger charge is 2.10. The molecule has 2 heteroatoms. The van der Waals surface area contributed by atoms with E-state index in [4.69, 9.17) is 4.74 Å². The summed E-state index contributed by atoms with van der Waals surface area (Å²) < 4.78 is 5.80. The molecule has 0 N–H and O–H groups in total. The molecule has 2 rings (SSSR count). The lowest BCUT2D eigenvalue weighted by molar-refractivity contribution is 0.112. The number of hydrogen-bond donors (Lipinski definition) is 0. The molecule has 0 radical (unpaired) electrons. The van der Waals surface area contributed by atoms with Crippen molar-refractivity contribution in [3.05, 3.63) is 64.7 Å². The summed E-state index contributed by atoms with van der Waals surface area (Å²) in [5.74, 6) is 1.56. The summed E-state index contributed by atoms with van der Waals surface area (Å²) in [7, 11) is 0. The monoisotopic (exact) mass is 338 g/mol. The van der Waals surface area contributed by atoms with Crippen LogP contribution >= 0.6 is 0 Å². The van der Waals surface area contributed by atoms with Gasteiger partial charge in [-0.15, -0.1) is 0 Å². The number of aryl methyl sites for hydroxylation is 2. The Labute approximate surface area is 152 Å². The molecule has 0 fully saturated rings. The van der Waals surface area contributed by atoms with Gasteiger partial charge in [-0.25, -0.2) is 0 Å². The van der Waals surface area contributed by atoms with Crippen molar-refractivity contribution in [2.45, 2.75) is 52.9 Å². The van der Waals surface area contributed by atoms with Crippen molar-refractivity contribution in [1.29, 1.82) is 0 Å². The molecule has 2 aromatic rings. The molecule has 2 nitrogen and oxygen atoms in total. The molecule has 0 aliphatic rings. The van der Waals surface area contributed by atoms with Crippen molar-refractivity contribution >= 4 is 6.29 Å². The molecule has 0 saturated heterocycles. The molecule has 0 aromatic heterocycles. The van der Waals surface area contributed by atoms with Crippen molar-refractivity contribution in [3.63, 3.8) is 0 Å². The van der Waals surface area contributed by atoms with Crippen molar-refractivity contribution in [1.82, 2.24) is 0 Å². The molecule has 0 aliphatic carbocycles. The highest BCUT2D eigenvalue weighted by Crippen LogP contribution is 2.21. The third kappa shape index (κ3) is 6.38. The summed E-state index contributed by atoms with van der Waals surface area (Å²) >= 11 is 0. The molecule has 2 aromatic carbocycles. The third-order valence-corrected chi connectivity index (χ3v) is 4.83. The van der Waals surface area contributed by atoms with Crippen LogP contribution in [0.3, 0.4) is 0 Å². The maximum absolute atomic E-state index is 10.7. The SMILES string of the molecule is CCCC(CCCOc1ccc(C=O)cc1)Cc1ccc(C)c(C)c1. The molecule has 0 bridgehead atoms. The largest absolute Gasteiger partial charge is 0.494 e. The first-order valence-electron chi connectivity index (χ1n) is 9.36. The van der Waals surface area contributed by atoms with Gasteiger partial charge in [0.2, 0.25) is 0 Å². The maximum Gasteiger partial charge on any atom is 0.150 e. The molecule has 0 spiro atoms. The molecule has 1 atom stereocenters. The number of rotatable bonds is 10. The van der Waals surface area contributed by atoms with Crippen LogP contribution in [0.25, 0.3) is 0 Å². The second-order valence-electron chi connectivity index (χ2n) is 6.96. The average molecular weight is 338 g/mol. The fourth-order valence-electron chi connectivity index (χ4n) is 3.23. The summed E-state index contributed by atoms with van der Waals surface area (Å²) in [4.78, 5) is 10.7. The second-order valence-corrected chi connectivity index (χ2v) is 6.96. The molecule has 0 heterocycles. The highest BCUT2D eigenvalue weighted by molar-refractivity contribution is 5.74. The Balaban J connectivity index is 1.80. The van der Waals surface area contributed by atoms with Crippen molar-refractivity contribution in [3.8, 4) is 5.75 Å². The molecule has 134 valence electrons. The maximum atomic E-state index is 10.7. The minimum Gasteiger partial charge on any atom is -0.494 e. The van der Waals surface area contributed by atoms with E-state index >= 15 is 0 Å². The Morgan fingerprint density at radius 1 is 1.00 bits per heavy atom. The zero-order chi connectivity index (χ0) is 18.1. The van der Waals surface area contributed by atoms with Gasteiger partial charge in [0, 0.05) is 5.56 Å². The number of aldehydes is 1. The first-order chi connectivity index (χ1) is 12.1. The summed E-state index contributed by atoms with van der Waals surface area (Å²) in [6.45, 7) is 7.35. The Bertz CT molecular complexity index is 658. The number of carbonyl (C=O) groups is 1. The van der Waals surface area contributed by atoms with E-state index in [1.807, 2.05) is 12.1 Å². The van der Waals surface area contributed by atoms with E-state index in [0.29, 0.717) is 11.5 Å². The van der Waals surface area contributed by atoms with E-state index in [-0.39, 0.29) is 0 Å². The van der Waals surface area contributed by atoms with Gasteiger partial charge in [0.15, 0.2) is 0 Å². The lowest BCUT2D eigenvalue weighted by Crippen LogP contribution is -2.08. The minimum absolute atomic E-state index is 0.684. The Hall–Kier alpha value is -2.09. The summed E-state index contributed by atoms with van der Waals surface area (Å²) in [6.07, 6.45) is 6.75. The smallest absolute Gasteiger partial charge is 0.150 e. The van der Waals surface area contributed by atoms with Gasteiger partial charge in [0.05, 0.1) is 6.61 Å². The fraction of sp³-hybridized carbons (Fsp3) is 0.435. The fourth-order valence-corrected chi connectivity index (χ4v) is 3.23. The second kappa shape index (κ2) is 10.0. The van der Waals surface area contributed by atoms with Gasteiger partial charge in [-0.2, -0.15) is 0 Å². The predicted octanol–water partition coefficient (Wildman–Crippen LogP) is 5.93.